The van der Waals surface area contributed by atoms with E-state index in [4.69, 9.17) is 11.6 Å². The molecular weight excluding hydrogens is 472 g/mol. The van der Waals surface area contributed by atoms with E-state index in [0.717, 1.165) is 62.6 Å². The first-order valence-corrected chi connectivity index (χ1v) is 12.9. The number of imidazole rings is 1. The number of fused-ring (bicyclic) bond motifs is 1. The number of aromatic nitrogens is 2. The first-order valence-electron chi connectivity index (χ1n) is 12.5. The Morgan fingerprint density at radius 3 is 2.34 bits per heavy atom. The molecule has 2 aliphatic carbocycles. The lowest BCUT2D eigenvalue weighted by Gasteiger charge is -2.34. The van der Waals surface area contributed by atoms with Crippen molar-refractivity contribution < 1.29 is 18.7 Å². The van der Waals surface area contributed by atoms with E-state index < -0.39 is 17.7 Å². The number of halogens is 3. The molecule has 1 atom stereocenters. The molecular formula is C27H30ClF2N3O2. The van der Waals surface area contributed by atoms with Crippen LogP contribution in [0.5, 0.6) is 0 Å². The minimum absolute atomic E-state index is 0.0139. The molecule has 0 spiro atoms. The van der Waals surface area contributed by atoms with Gasteiger partial charge in [0.05, 0.1) is 17.1 Å². The number of hydrogen-bond donors (Lipinski definition) is 2. The maximum absolute atomic E-state index is 14.5. The van der Waals surface area contributed by atoms with Crippen LogP contribution < -0.4 is 5.32 Å². The van der Waals surface area contributed by atoms with Gasteiger partial charge in [0.1, 0.15) is 11.9 Å². The number of carbonyl (C=O) groups excluding carboxylic acids is 1. The Morgan fingerprint density at radius 2 is 1.66 bits per heavy atom. The lowest BCUT2D eigenvalue weighted by Crippen LogP contribution is -2.44. The molecule has 0 bridgehead atoms. The molecule has 3 aromatic rings. The SMILES string of the molecule is O=C(N[C@H]1CC[C@H](O)CC1)C(C1CCCCC1)n1c(-c2ccc(Cl)cc2)nc2cc(F)c(F)cc21. The third-order valence-electron chi connectivity index (χ3n) is 7.52. The van der Waals surface area contributed by atoms with Crippen molar-refractivity contribution in [3.05, 3.63) is 53.1 Å². The number of aliphatic hydroxyl groups is 1. The van der Waals surface area contributed by atoms with Crippen LogP contribution in [0.25, 0.3) is 22.4 Å². The summed E-state index contributed by atoms with van der Waals surface area (Å²) < 4.78 is 30.4. The van der Waals surface area contributed by atoms with Gasteiger partial charge in [-0.3, -0.25) is 4.79 Å². The van der Waals surface area contributed by atoms with Gasteiger partial charge in [-0.15, -0.1) is 0 Å². The predicted molar refractivity (Wildman–Crippen MR) is 132 cm³/mol. The second-order valence-corrected chi connectivity index (χ2v) is 10.4. The topological polar surface area (TPSA) is 67.2 Å². The van der Waals surface area contributed by atoms with Crippen molar-refractivity contribution in [1.82, 2.24) is 14.9 Å². The molecule has 186 valence electrons. The average Bonchev–Trinajstić information content (AvgIpc) is 3.20. The Labute approximate surface area is 208 Å². The molecule has 5 nitrogen and oxygen atoms in total. The van der Waals surface area contributed by atoms with Gasteiger partial charge in [0.15, 0.2) is 11.6 Å². The van der Waals surface area contributed by atoms with Crippen LogP contribution >= 0.6 is 11.6 Å². The van der Waals surface area contributed by atoms with Crippen LogP contribution in [0, 0.1) is 17.6 Å². The van der Waals surface area contributed by atoms with Crippen molar-refractivity contribution in [2.24, 2.45) is 5.92 Å². The Balaban J connectivity index is 1.63. The van der Waals surface area contributed by atoms with Crippen LogP contribution in [0.4, 0.5) is 8.78 Å². The molecule has 35 heavy (non-hydrogen) atoms. The fourth-order valence-electron chi connectivity index (χ4n) is 5.67. The molecule has 0 radical (unpaired) electrons. The van der Waals surface area contributed by atoms with Crippen molar-refractivity contribution in [1.29, 1.82) is 0 Å². The number of hydrogen-bond acceptors (Lipinski definition) is 3. The summed E-state index contributed by atoms with van der Waals surface area (Å²) in [5.41, 5.74) is 1.43. The molecule has 5 rings (SSSR count). The zero-order chi connectivity index (χ0) is 24.5. The zero-order valence-corrected chi connectivity index (χ0v) is 20.3. The highest BCUT2D eigenvalue weighted by Crippen LogP contribution is 2.39. The van der Waals surface area contributed by atoms with Crippen LogP contribution in [-0.2, 0) is 4.79 Å². The fraction of sp³-hybridized carbons (Fsp3) is 0.481. The molecule has 2 aromatic carbocycles. The number of nitrogens with one attached hydrogen (secondary N) is 1. The van der Waals surface area contributed by atoms with Gasteiger partial charge in [-0.2, -0.15) is 0 Å². The fourth-order valence-corrected chi connectivity index (χ4v) is 5.80. The molecule has 1 amide bonds. The van der Waals surface area contributed by atoms with E-state index in [1.165, 1.54) is 0 Å². The molecule has 1 aromatic heterocycles. The highest BCUT2D eigenvalue weighted by molar-refractivity contribution is 6.30. The molecule has 1 heterocycles. The van der Waals surface area contributed by atoms with Crippen LogP contribution in [0.2, 0.25) is 5.02 Å². The van der Waals surface area contributed by atoms with Gasteiger partial charge < -0.3 is 15.0 Å². The third kappa shape index (κ3) is 5.07. The van der Waals surface area contributed by atoms with E-state index in [9.17, 15) is 18.7 Å². The summed E-state index contributed by atoms with van der Waals surface area (Å²) >= 11 is 6.10. The molecule has 0 saturated heterocycles. The normalized spacial score (nSPS) is 22.3. The maximum atomic E-state index is 14.5. The van der Waals surface area contributed by atoms with E-state index >= 15 is 0 Å². The van der Waals surface area contributed by atoms with E-state index in [0.29, 0.717) is 34.7 Å². The average molecular weight is 502 g/mol. The zero-order valence-electron chi connectivity index (χ0n) is 19.5. The van der Waals surface area contributed by atoms with Crippen LogP contribution in [0.15, 0.2) is 36.4 Å². The van der Waals surface area contributed by atoms with Crippen LogP contribution in [-0.4, -0.2) is 32.7 Å². The first kappa shape index (κ1) is 24.2. The summed E-state index contributed by atoms with van der Waals surface area (Å²) in [6, 6.07) is 8.73. The molecule has 2 aliphatic rings. The highest BCUT2D eigenvalue weighted by Gasteiger charge is 2.36. The van der Waals surface area contributed by atoms with Gasteiger partial charge in [0.25, 0.3) is 0 Å². The van der Waals surface area contributed by atoms with Gasteiger partial charge in [0.2, 0.25) is 5.91 Å². The third-order valence-corrected chi connectivity index (χ3v) is 7.77. The number of nitrogens with zero attached hydrogens (tertiary/aromatic N) is 2. The van der Waals surface area contributed by atoms with Crippen molar-refractivity contribution >= 4 is 28.5 Å². The van der Waals surface area contributed by atoms with Crippen molar-refractivity contribution in [2.75, 3.05) is 0 Å². The molecule has 8 heteroatoms. The van der Waals surface area contributed by atoms with Crippen molar-refractivity contribution in [3.8, 4) is 11.4 Å². The summed E-state index contributed by atoms with van der Waals surface area (Å²) in [4.78, 5) is 18.6. The summed E-state index contributed by atoms with van der Waals surface area (Å²) in [7, 11) is 0. The highest BCUT2D eigenvalue weighted by atomic mass is 35.5. The molecule has 1 unspecified atom stereocenters. The Kier molecular flexibility index (Phi) is 7.07. The van der Waals surface area contributed by atoms with Gasteiger partial charge in [-0.1, -0.05) is 30.9 Å². The largest absolute Gasteiger partial charge is 0.393 e. The van der Waals surface area contributed by atoms with Crippen molar-refractivity contribution in [3.63, 3.8) is 0 Å². The smallest absolute Gasteiger partial charge is 0.243 e. The summed E-state index contributed by atoms with van der Waals surface area (Å²) in [6.07, 6.45) is 7.38. The number of rotatable bonds is 5. The Hall–Kier alpha value is -2.51. The number of benzene rings is 2. The monoisotopic (exact) mass is 501 g/mol. The van der Waals surface area contributed by atoms with Crippen LogP contribution in [0.3, 0.4) is 0 Å². The predicted octanol–water partition coefficient (Wildman–Crippen LogP) is 6.18. The van der Waals surface area contributed by atoms with Crippen LogP contribution in [0.1, 0.15) is 63.8 Å². The summed E-state index contributed by atoms with van der Waals surface area (Å²) in [5.74, 6) is -1.52. The lowest BCUT2D eigenvalue weighted by atomic mass is 9.82. The maximum Gasteiger partial charge on any atom is 0.243 e. The summed E-state index contributed by atoms with van der Waals surface area (Å²) in [6.45, 7) is 0. The molecule has 2 N–H and O–H groups in total. The second kappa shape index (κ2) is 10.2. The molecule has 2 fully saturated rings. The molecule has 2 saturated carbocycles. The number of carbonyl (C=O) groups is 1. The van der Waals surface area contributed by atoms with Gasteiger partial charge in [0, 0.05) is 28.8 Å². The van der Waals surface area contributed by atoms with E-state index in [-0.39, 0.29) is 24.0 Å². The van der Waals surface area contributed by atoms with Gasteiger partial charge >= 0.3 is 0 Å². The number of amides is 1. The second-order valence-electron chi connectivity index (χ2n) is 9.92. The van der Waals surface area contributed by atoms with E-state index in [2.05, 4.69) is 10.3 Å². The Morgan fingerprint density at radius 1 is 1.00 bits per heavy atom. The van der Waals surface area contributed by atoms with Gasteiger partial charge in [-0.25, -0.2) is 13.8 Å². The van der Waals surface area contributed by atoms with E-state index in [1.54, 1.807) is 12.1 Å². The summed E-state index contributed by atoms with van der Waals surface area (Å²) in [5, 5.41) is 13.7. The van der Waals surface area contributed by atoms with Gasteiger partial charge in [-0.05, 0) is 68.7 Å². The van der Waals surface area contributed by atoms with E-state index in [1.807, 2.05) is 16.7 Å². The standard InChI is InChI=1S/C27H30ClF2N3O2/c28-18-8-6-17(7-9-18)26-32-23-14-21(29)22(30)15-24(23)33(26)25(16-4-2-1-3-5-16)27(35)31-19-10-12-20(34)13-11-19/h6-9,14-16,19-20,25,34H,1-5,10-13H2,(H,31,35)/t19-,20-,25?. The molecule has 0 aliphatic heterocycles. The minimum atomic E-state index is -0.968. The lowest BCUT2D eigenvalue weighted by molar-refractivity contribution is -0.127. The quantitative estimate of drug-likeness (QED) is 0.439. The Bertz CT molecular complexity index is 1200. The first-order chi connectivity index (χ1) is 16.9. The van der Waals surface area contributed by atoms with Crippen molar-refractivity contribution in [2.45, 2.75) is 76.0 Å². The number of aliphatic hydroxyl groups excluding tert-OH is 1. The minimum Gasteiger partial charge on any atom is -0.393 e.